The Morgan fingerprint density at radius 2 is 0.914 bits per heavy atom. The van der Waals surface area contributed by atoms with Crippen molar-refractivity contribution < 1.29 is 19.2 Å². The van der Waals surface area contributed by atoms with Gasteiger partial charge in [-0.15, -0.1) is 22.7 Å². The Bertz CT molecular complexity index is 2230. The zero-order valence-electron chi connectivity index (χ0n) is 32.3. The topological polar surface area (TPSA) is 125 Å². The number of thiazole rings is 2. The molecule has 0 unspecified atom stereocenters. The molecule has 2 aliphatic rings. The molecule has 0 radical (unpaired) electrons. The van der Waals surface area contributed by atoms with E-state index in [1.807, 2.05) is 82.9 Å². The van der Waals surface area contributed by atoms with Gasteiger partial charge in [-0.25, -0.2) is 9.97 Å². The molecular weight excluding hydrogens is 765 g/mol. The summed E-state index contributed by atoms with van der Waals surface area (Å²) in [5.41, 5.74) is 5.83. The highest BCUT2D eigenvalue weighted by Crippen LogP contribution is 2.41. The van der Waals surface area contributed by atoms with Crippen molar-refractivity contribution in [3.8, 4) is 32.0 Å². The number of hydrogen-bond acceptors (Lipinski definition) is 8. The third-order valence-electron chi connectivity index (χ3n) is 10.8. The number of aromatic nitrogens is 2. The standard InChI is InChI=1S/C46H44N6O4S2/c1-29(53)49-41(35-11-5-3-6-12-35)45(55)51-25-9-15-37(51)43-47-27-39(57-43)33-21-17-31(18-22-33)32-19-23-34(24-20-32)40-28-48-44(58-40)38-16-10-26-52(38)46(56)42(50-30(2)54)36-13-7-4-8-14-36/h3-8,11-14,17-24,27-28,37-38,41-42H,9-10,15-16,25-26H2,1-2H3,(H,49,53)(H,50,54)/t37-,38-,41+,42+/m0/s1. The van der Waals surface area contributed by atoms with E-state index in [-0.39, 0.29) is 35.7 Å². The summed E-state index contributed by atoms with van der Waals surface area (Å²) in [6, 6.07) is 33.9. The van der Waals surface area contributed by atoms with Crippen LogP contribution in [0.1, 0.15) is 84.8 Å². The second kappa shape index (κ2) is 17.3. The van der Waals surface area contributed by atoms with Crippen molar-refractivity contribution in [1.29, 1.82) is 0 Å². The van der Waals surface area contributed by atoms with Crippen LogP contribution in [0, 0.1) is 0 Å². The van der Waals surface area contributed by atoms with E-state index >= 15 is 0 Å². The summed E-state index contributed by atoms with van der Waals surface area (Å²) in [4.78, 5) is 67.2. The van der Waals surface area contributed by atoms with Gasteiger partial charge in [-0.3, -0.25) is 19.2 Å². The molecule has 0 aliphatic carbocycles. The zero-order chi connectivity index (χ0) is 40.2. The number of carbonyl (C=O) groups is 4. The molecule has 294 valence electrons. The first-order valence-electron chi connectivity index (χ1n) is 19.6. The van der Waals surface area contributed by atoms with Gasteiger partial charge in [-0.1, -0.05) is 109 Å². The molecule has 58 heavy (non-hydrogen) atoms. The normalized spacial score (nSPS) is 17.5. The molecule has 4 amide bonds. The summed E-state index contributed by atoms with van der Waals surface area (Å²) in [7, 11) is 0. The average Bonchev–Trinajstić information content (AvgIpc) is 4.09. The highest BCUT2D eigenvalue weighted by Gasteiger charge is 2.38. The van der Waals surface area contributed by atoms with Crippen molar-refractivity contribution in [2.75, 3.05) is 13.1 Å². The SMILES string of the molecule is CC(=O)N[C@@H](C(=O)N1CCC[C@H]1c1ncc(-c2ccc(-c3ccc(-c4cnc([C@@H]5CCCN5C(=O)[C@H](NC(C)=O)c5ccccc5)s4)cc3)cc2)s1)c1ccccc1. The van der Waals surface area contributed by atoms with Crippen molar-refractivity contribution in [2.24, 2.45) is 0 Å². The van der Waals surface area contributed by atoms with E-state index in [4.69, 9.17) is 9.97 Å². The van der Waals surface area contributed by atoms with Gasteiger partial charge in [-0.2, -0.15) is 0 Å². The smallest absolute Gasteiger partial charge is 0.250 e. The van der Waals surface area contributed by atoms with Gasteiger partial charge in [-0.05, 0) is 59.1 Å². The Morgan fingerprint density at radius 3 is 1.28 bits per heavy atom. The molecule has 2 fully saturated rings. The largest absolute Gasteiger partial charge is 0.341 e. The maximum absolute atomic E-state index is 13.9. The van der Waals surface area contributed by atoms with Crippen molar-refractivity contribution in [3.05, 3.63) is 143 Å². The summed E-state index contributed by atoms with van der Waals surface area (Å²) < 4.78 is 0. The van der Waals surface area contributed by atoms with Crippen LogP contribution >= 0.6 is 22.7 Å². The van der Waals surface area contributed by atoms with Crippen LogP contribution in [0.2, 0.25) is 0 Å². The third-order valence-corrected chi connectivity index (χ3v) is 13.1. The quantitative estimate of drug-likeness (QED) is 0.135. The fourth-order valence-corrected chi connectivity index (χ4v) is 10.1. The molecule has 6 aromatic rings. The monoisotopic (exact) mass is 808 g/mol. The Hall–Kier alpha value is -5.98. The average molecular weight is 809 g/mol. The number of likely N-dealkylation sites (tertiary alicyclic amines) is 2. The fraction of sp³-hybridized carbons (Fsp3) is 0.261. The number of amides is 4. The van der Waals surface area contributed by atoms with Crippen LogP contribution in [0.25, 0.3) is 32.0 Å². The minimum Gasteiger partial charge on any atom is -0.341 e. The number of nitrogens with zero attached hydrogens (tertiary/aromatic N) is 4. The molecule has 12 heteroatoms. The molecule has 2 aliphatic heterocycles. The van der Waals surface area contributed by atoms with E-state index in [0.717, 1.165) is 78.8 Å². The second-order valence-corrected chi connectivity index (χ2v) is 16.9. The van der Waals surface area contributed by atoms with Crippen molar-refractivity contribution in [2.45, 2.75) is 63.7 Å². The predicted molar refractivity (Wildman–Crippen MR) is 227 cm³/mol. The van der Waals surface area contributed by atoms with E-state index in [1.165, 1.54) is 13.8 Å². The molecule has 2 saturated heterocycles. The molecule has 10 nitrogen and oxygen atoms in total. The van der Waals surface area contributed by atoms with E-state index in [0.29, 0.717) is 13.1 Å². The number of rotatable bonds is 11. The molecule has 8 rings (SSSR count). The Kier molecular flexibility index (Phi) is 11.6. The van der Waals surface area contributed by atoms with Gasteiger partial charge in [0.1, 0.15) is 22.1 Å². The van der Waals surface area contributed by atoms with Crippen molar-refractivity contribution >= 4 is 46.3 Å². The molecule has 0 spiro atoms. The summed E-state index contributed by atoms with van der Waals surface area (Å²) >= 11 is 3.21. The van der Waals surface area contributed by atoms with Gasteiger partial charge >= 0.3 is 0 Å². The van der Waals surface area contributed by atoms with Gasteiger partial charge < -0.3 is 20.4 Å². The first-order valence-corrected chi connectivity index (χ1v) is 21.2. The maximum Gasteiger partial charge on any atom is 0.250 e. The first-order chi connectivity index (χ1) is 28.2. The highest BCUT2D eigenvalue weighted by molar-refractivity contribution is 7.15. The van der Waals surface area contributed by atoms with E-state index in [9.17, 15) is 19.2 Å². The van der Waals surface area contributed by atoms with Crippen LogP contribution in [0.5, 0.6) is 0 Å². The summed E-state index contributed by atoms with van der Waals surface area (Å²) in [6.45, 7) is 4.12. The number of carbonyl (C=O) groups excluding carboxylic acids is 4. The van der Waals surface area contributed by atoms with Crippen LogP contribution in [-0.4, -0.2) is 56.5 Å². The van der Waals surface area contributed by atoms with Crippen molar-refractivity contribution in [3.63, 3.8) is 0 Å². The minimum atomic E-state index is -0.739. The first kappa shape index (κ1) is 38.9. The lowest BCUT2D eigenvalue weighted by atomic mass is 10.0. The van der Waals surface area contributed by atoms with Crippen LogP contribution in [0.3, 0.4) is 0 Å². The van der Waals surface area contributed by atoms with Crippen LogP contribution < -0.4 is 10.6 Å². The van der Waals surface area contributed by atoms with Crippen LogP contribution in [-0.2, 0) is 19.2 Å². The number of nitrogens with one attached hydrogen (secondary N) is 2. The Morgan fingerprint density at radius 1 is 0.552 bits per heavy atom. The van der Waals surface area contributed by atoms with Gasteiger partial charge in [0.05, 0.1) is 21.8 Å². The number of benzene rings is 4. The summed E-state index contributed by atoms with van der Waals surface area (Å²) in [5, 5.41) is 7.52. The fourth-order valence-electron chi connectivity index (χ4n) is 7.98. The third kappa shape index (κ3) is 8.34. The molecule has 0 bridgehead atoms. The van der Waals surface area contributed by atoms with Crippen LogP contribution in [0.15, 0.2) is 122 Å². The predicted octanol–water partition coefficient (Wildman–Crippen LogP) is 8.68. The molecule has 4 aromatic carbocycles. The molecular formula is C46H44N6O4S2. The molecule has 4 atom stereocenters. The highest BCUT2D eigenvalue weighted by atomic mass is 32.1. The summed E-state index contributed by atoms with van der Waals surface area (Å²) in [6.07, 6.45) is 7.18. The molecule has 2 N–H and O–H groups in total. The van der Waals surface area contributed by atoms with E-state index in [2.05, 4.69) is 59.2 Å². The number of hydrogen-bond donors (Lipinski definition) is 2. The summed E-state index contributed by atoms with van der Waals surface area (Å²) in [5.74, 6) is -0.722. The second-order valence-electron chi connectivity index (χ2n) is 14.7. The van der Waals surface area contributed by atoms with E-state index < -0.39 is 12.1 Å². The molecule has 4 heterocycles. The van der Waals surface area contributed by atoms with E-state index in [1.54, 1.807) is 22.7 Å². The maximum atomic E-state index is 13.9. The minimum absolute atomic E-state index is 0.115. The van der Waals surface area contributed by atoms with Gasteiger partial charge in [0.15, 0.2) is 0 Å². The zero-order valence-corrected chi connectivity index (χ0v) is 34.0. The molecule has 0 saturated carbocycles. The van der Waals surface area contributed by atoms with Gasteiger partial charge in [0.25, 0.3) is 0 Å². The Labute approximate surface area is 346 Å². The molecule has 2 aromatic heterocycles. The van der Waals surface area contributed by atoms with Crippen LogP contribution in [0.4, 0.5) is 0 Å². The van der Waals surface area contributed by atoms with Crippen molar-refractivity contribution in [1.82, 2.24) is 30.4 Å². The lowest BCUT2D eigenvalue weighted by molar-refractivity contribution is -0.137. The lowest BCUT2D eigenvalue weighted by Gasteiger charge is -2.28. The van der Waals surface area contributed by atoms with Gasteiger partial charge in [0.2, 0.25) is 23.6 Å². The van der Waals surface area contributed by atoms with Gasteiger partial charge in [0, 0.05) is 39.3 Å². The lowest BCUT2D eigenvalue weighted by Crippen LogP contribution is -2.42. The Balaban J connectivity index is 0.929.